The van der Waals surface area contributed by atoms with Crippen LogP contribution in [0, 0.1) is 0 Å². The Bertz CT molecular complexity index is 466. The Hall–Kier alpha value is -1.83. The van der Waals surface area contributed by atoms with Gasteiger partial charge in [0, 0.05) is 13.1 Å². The Morgan fingerprint density at radius 1 is 1.29 bits per heavy atom. The maximum atomic E-state index is 12.5. The number of benzene rings is 1. The van der Waals surface area contributed by atoms with E-state index in [-0.39, 0.29) is 25.1 Å². The molecule has 1 aromatic rings. The molecule has 21 heavy (non-hydrogen) atoms. The van der Waals surface area contributed by atoms with Crippen LogP contribution in [0.5, 0.6) is 0 Å². The molecule has 1 unspecified atom stereocenters. The molecule has 118 valence electrons. The highest BCUT2D eigenvalue weighted by Crippen LogP contribution is 2.30. The van der Waals surface area contributed by atoms with Gasteiger partial charge >= 0.3 is 12.2 Å². The number of hydrogen-bond acceptors (Lipinski definition) is 2. The summed E-state index contributed by atoms with van der Waals surface area (Å²) in [5.41, 5.74) is -0.819. The zero-order valence-corrected chi connectivity index (χ0v) is 11.1. The molecule has 0 heterocycles. The number of nitrogens with one attached hydrogen (secondary N) is 2. The number of carbonyl (C=O) groups is 1. The number of aliphatic hydroxyl groups is 1. The molecule has 0 radical (unpaired) electrons. The van der Waals surface area contributed by atoms with E-state index in [1.807, 2.05) is 0 Å². The maximum absolute atomic E-state index is 12.5. The van der Waals surface area contributed by atoms with Crippen molar-refractivity contribution in [2.75, 3.05) is 19.8 Å². The van der Waals surface area contributed by atoms with Gasteiger partial charge in [-0.3, -0.25) is 4.39 Å². The van der Waals surface area contributed by atoms with Crippen molar-refractivity contribution >= 4 is 6.03 Å². The third-order valence-electron chi connectivity index (χ3n) is 2.65. The fourth-order valence-electron chi connectivity index (χ4n) is 1.56. The molecule has 0 aromatic heterocycles. The van der Waals surface area contributed by atoms with Gasteiger partial charge in [0.15, 0.2) is 0 Å². The Labute approximate surface area is 119 Å². The van der Waals surface area contributed by atoms with Gasteiger partial charge in [0.1, 0.15) is 0 Å². The Morgan fingerprint density at radius 2 is 2.00 bits per heavy atom. The minimum atomic E-state index is -4.49. The summed E-state index contributed by atoms with van der Waals surface area (Å²) < 4.78 is 49.4. The molecule has 0 saturated heterocycles. The van der Waals surface area contributed by atoms with Crippen molar-refractivity contribution in [2.45, 2.75) is 18.7 Å². The molecule has 1 rings (SSSR count). The summed E-state index contributed by atoms with van der Waals surface area (Å²) in [7, 11) is 0. The van der Waals surface area contributed by atoms with Crippen molar-refractivity contribution in [3.05, 3.63) is 35.4 Å². The summed E-state index contributed by atoms with van der Waals surface area (Å²) in [5, 5.41) is 14.4. The Balaban J connectivity index is 2.52. The minimum Gasteiger partial charge on any atom is -0.387 e. The number of urea groups is 1. The number of aliphatic hydroxyl groups excluding tert-OH is 1. The topological polar surface area (TPSA) is 61.4 Å². The van der Waals surface area contributed by atoms with Crippen LogP contribution in [0.3, 0.4) is 0 Å². The third kappa shape index (κ3) is 5.99. The molecule has 0 aliphatic heterocycles. The summed E-state index contributed by atoms with van der Waals surface area (Å²) in [6.07, 6.45) is -5.59. The molecular weight excluding hydrogens is 292 g/mol. The smallest absolute Gasteiger partial charge is 0.387 e. The monoisotopic (exact) mass is 308 g/mol. The first-order valence-corrected chi connectivity index (χ1v) is 6.27. The van der Waals surface area contributed by atoms with Gasteiger partial charge in [0.25, 0.3) is 0 Å². The van der Waals surface area contributed by atoms with Crippen LogP contribution in [0.15, 0.2) is 24.3 Å². The van der Waals surface area contributed by atoms with Crippen molar-refractivity contribution in [3.63, 3.8) is 0 Å². The SMILES string of the molecule is O=C(NCCCF)NCC(O)c1cccc(C(F)(F)F)c1. The molecule has 1 atom stereocenters. The number of alkyl halides is 4. The van der Waals surface area contributed by atoms with Gasteiger partial charge in [-0.15, -0.1) is 0 Å². The largest absolute Gasteiger partial charge is 0.416 e. The van der Waals surface area contributed by atoms with Gasteiger partial charge in [-0.1, -0.05) is 12.1 Å². The van der Waals surface area contributed by atoms with E-state index in [1.165, 1.54) is 12.1 Å². The lowest BCUT2D eigenvalue weighted by Crippen LogP contribution is -2.38. The standard InChI is InChI=1S/C13H16F4N2O2/c14-5-2-6-18-12(21)19-8-11(20)9-3-1-4-10(7-9)13(15,16)17/h1,3-4,7,11,20H,2,5-6,8H2,(H2,18,19,21). The van der Waals surface area contributed by atoms with E-state index < -0.39 is 30.5 Å². The first-order chi connectivity index (χ1) is 9.84. The van der Waals surface area contributed by atoms with Crippen LogP contribution >= 0.6 is 0 Å². The molecule has 0 saturated carbocycles. The normalized spacial score (nSPS) is 12.8. The van der Waals surface area contributed by atoms with Crippen LogP contribution < -0.4 is 10.6 Å². The number of carbonyl (C=O) groups excluding carboxylic acids is 1. The van der Waals surface area contributed by atoms with Crippen molar-refractivity contribution in [1.82, 2.24) is 10.6 Å². The van der Waals surface area contributed by atoms with Gasteiger partial charge in [-0.25, -0.2) is 4.79 Å². The van der Waals surface area contributed by atoms with Crippen LogP contribution in [0.2, 0.25) is 0 Å². The second kappa shape index (κ2) is 7.82. The molecule has 0 aliphatic carbocycles. The van der Waals surface area contributed by atoms with Crippen molar-refractivity contribution < 1.29 is 27.5 Å². The van der Waals surface area contributed by atoms with Crippen LogP contribution in [0.4, 0.5) is 22.4 Å². The highest BCUT2D eigenvalue weighted by atomic mass is 19.4. The molecular formula is C13H16F4N2O2. The van der Waals surface area contributed by atoms with Crippen LogP contribution in [0.1, 0.15) is 23.7 Å². The number of halogens is 4. The van der Waals surface area contributed by atoms with E-state index in [9.17, 15) is 27.5 Å². The predicted octanol–water partition coefficient (Wildman–Crippen LogP) is 2.40. The molecule has 2 amide bonds. The molecule has 1 aromatic carbocycles. The van der Waals surface area contributed by atoms with Gasteiger partial charge in [0.2, 0.25) is 0 Å². The number of amides is 2. The molecule has 4 nitrogen and oxygen atoms in total. The summed E-state index contributed by atoms with van der Waals surface area (Å²) in [6.45, 7) is -0.669. The number of rotatable bonds is 6. The van der Waals surface area contributed by atoms with Gasteiger partial charge < -0.3 is 15.7 Å². The lowest BCUT2D eigenvalue weighted by molar-refractivity contribution is -0.137. The van der Waals surface area contributed by atoms with Crippen LogP contribution in [0.25, 0.3) is 0 Å². The number of hydrogen-bond donors (Lipinski definition) is 3. The second-order valence-corrected chi connectivity index (χ2v) is 4.32. The molecule has 8 heteroatoms. The average Bonchev–Trinajstić information content (AvgIpc) is 2.44. The highest BCUT2D eigenvalue weighted by molar-refractivity contribution is 5.73. The van der Waals surface area contributed by atoms with E-state index in [0.717, 1.165) is 12.1 Å². The molecule has 0 fully saturated rings. The van der Waals surface area contributed by atoms with Crippen molar-refractivity contribution in [2.24, 2.45) is 0 Å². The Kier molecular flexibility index (Phi) is 6.41. The van der Waals surface area contributed by atoms with E-state index >= 15 is 0 Å². The summed E-state index contributed by atoms with van der Waals surface area (Å²) in [6, 6.07) is 3.63. The van der Waals surface area contributed by atoms with Gasteiger partial charge in [-0.05, 0) is 24.1 Å². The van der Waals surface area contributed by atoms with Gasteiger partial charge in [0.05, 0.1) is 18.3 Å². The van der Waals surface area contributed by atoms with Crippen molar-refractivity contribution in [3.8, 4) is 0 Å². The average molecular weight is 308 g/mol. The zero-order chi connectivity index (χ0) is 15.9. The fourth-order valence-corrected chi connectivity index (χ4v) is 1.56. The quantitative estimate of drug-likeness (QED) is 0.558. The van der Waals surface area contributed by atoms with Crippen molar-refractivity contribution in [1.29, 1.82) is 0 Å². The van der Waals surface area contributed by atoms with E-state index in [0.29, 0.717) is 0 Å². The molecule has 0 aliphatic rings. The third-order valence-corrected chi connectivity index (χ3v) is 2.65. The van der Waals surface area contributed by atoms with Crippen LogP contribution in [-0.4, -0.2) is 30.9 Å². The first kappa shape index (κ1) is 17.2. The highest BCUT2D eigenvalue weighted by Gasteiger charge is 2.30. The van der Waals surface area contributed by atoms with E-state index in [1.54, 1.807) is 0 Å². The first-order valence-electron chi connectivity index (χ1n) is 6.27. The maximum Gasteiger partial charge on any atom is 0.416 e. The summed E-state index contributed by atoms with van der Waals surface area (Å²) in [5.74, 6) is 0. The van der Waals surface area contributed by atoms with Crippen LogP contribution in [-0.2, 0) is 6.18 Å². The lowest BCUT2D eigenvalue weighted by atomic mass is 10.1. The molecule has 0 spiro atoms. The predicted molar refractivity (Wildman–Crippen MR) is 68.4 cm³/mol. The van der Waals surface area contributed by atoms with E-state index in [4.69, 9.17) is 0 Å². The lowest BCUT2D eigenvalue weighted by Gasteiger charge is -2.14. The summed E-state index contributed by atoms with van der Waals surface area (Å²) >= 11 is 0. The fraction of sp³-hybridized carbons (Fsp3) is 0.462. The molecule has 3 N–H and O–H groups in total. The van der Waals surface area contributed by atoms with Gasteiger partial charge in [-0.2, -0.15) is 13.2 Å². The second-order valence-electron chi connectivity index (χ2n) is 4.32. The Morgan fingerprint density at radius 3 is 2.62 bits per heavy atom. The minimum absolute atomic E-state index is 0.0499. The molecule has 0 bridgehead atoms. The zero-order valence-electron chi connectivity index (χ0n) is 11.1. The summed E-state index contributed by atoms with van der Waals surface area (Å²) in [4.78, 5) is 11.2. The van der Waals surface area contributed by atoms with E-state index in [2.05, 4.69) is 10.6 Å².